The predicted molar refractivity (Wildman–Crippen MR) is 68.3 cm³/mol. The molecular formula is C11H13BrN4O. The lowest BCUT2D eigenvalue weighted by Crippen LogP contribution is -2.47. The van der Waals surface area contributed by atoms with E-state index in [0.717, 1.165) is 10.0 Å². The number of pyridine rings is 1. The molecule has 0 saturated carbocycles. The highest BCUT2D eigenvalue weighted by Crippen LogP contribution is 2.33. The highest BCUT2D eigenvalue weighted by molar-refractivity contribution is 9.10. The molecule has 0 radical (unpaired) electrons. The third-order valence-corrected chi connectivity index (χ3v) is 3.33. The number of halogens is 1. The molecule has 6 heteroatoms. The second kappa shape index (κ2) is 4.10. The molecule has 90 valence electrons. The maximum absolute atomic E-state index is 11.8. The van der Waals surface area contributed by atoms with Crippen LogP contribution in [0.1, 0.15) is 18.9 Å². The molecule has 5 nitrogen and oxygen atoms in total. The van der Waals surface area contributed by atoms with Crippen molar-refractivity contribution in [2.75, 3.05) is 7.05 Å². The van der Waals surface area contributed by atoms with Crippen LogP contribution in [0, 0.1) is 0 Å². The van der Waals surface area contributed by atoms with E-state index in [4.69, 9.17) is 5.73 Å². The fourth-order valence-electron chi connectivity index (χ4n) is 1.78. The number of nitrogens with two attached hydrogens (primary N) is 1. The van der Waals surface area contributed by atoms with Crippen molar-refractivity contribution in [2.24, 2.45) is 10.7 Å². The smallest absolute Gasteiger partial charge is 0.231 e. The summed E-state index contributed by atoms with van der Waals surface area (Å²) in [6.45, 7) is 1.88. The highest BCUT2D eigenvalue weighted by Gasteiger charge is 2.36. The van der Waals surface area contributed by atoms with Gasteiger partial charge in [-0.2, -0.15) is 0 Å². The molecule has 1 atom stereocenters. The van der Waals surface area contributed by atoms with Crippen molar-refractivity contribution in [3.8, 4) is 0 Å². The lowest BCUT2D eigenvalue weighted by atomic mass is 9.89. The van der Waals surface area contributed by atoms with E-state index in [-0.39, 0.29) is 11.9 Å². The Kier molecular flexibility index (Phi) is 2.91. The summed E-state index contributed by atoms with van der Waals surface area (Å²) < 4.78 is 0.858. The molecule has 1 amide bonds. The monoisotopic (exact) mass is 296 g/mol. The molecule has 2 rings (SSSR count). The number of carbonyl (C=O) groups excluding carboxylic acids is 1. The molecule has 17 heavy (non-hydrogen) atoms. The number of rotatable bonds is 1. The van der Waals surface area contributed by atoms with Crippen LogP contribution in [0.4, 0.5) is 0 Å². The van der Waals surface area contributed by atoms with Crippen LogP contribution in [0.25, 0.3) is 0 Å². The minimum atomic E-state index is -0.634. The van der Waals surface area contributed by atoms with Gasteiger partial charge in [0.1, 0.15) is 0 Å². The maximum Gasteiger partial charge on any atom is 0.231 e. The van der Waals surface area contributed by atoms with Crippen molar-refractivity contribution in [1.82, 2.24) is 9.88 Å². The van der Waals surface area contributed by atoms with Gasteiger partial charge < -0.3 is 5.73 Å². The molecule has 0 spiro atoms. The van der Waals surface area contributed by atoms with E-state index in [9.17, 15) is 4.79 Å². The van der Waals surface area contributed by atoms with Gasteiger partial charge in [0.25, 0.3) is 0 Å². The van der Waals surface area contributed by atoms with Crippen LogP contribution in [-0.4, -0.2) is 28.8 Å². The number of carbonyl (C=O) groups is 1. The standard InChI is InChI=1S/C11H13BrN4O/c1-11(7-3-8(12)6-14-5-7)4-9(17)16(2)10(13)15-11/h3,5-6H,4H2,1-2H3,(H2,13,15)/t11-/m0/s1. The largest absolute Gasteiger partial charge is 0.369 e. The van der Waals surface area contributed by atoms with Gasteiger partial charge in [0.05, 0.1) is 12.0 Å². The molecule has 0 aliphatic carbocycles. The van der Waals surface area contributed by atoms with E-state index in [1.165, 1.54) is 4.90 Å². The number of aromatic nitrogens is 1. The zero-order valence-corrected chi connectivity index (χ0v) is 11.2. The van der Waals surface area contributed by atoms with E-state index in [0.29, 0.717) is 6.42 Å². The summed E-state index contributed by atoms with van der Waals surface area (Å²) in [5.41, 5.74) is 5.98. The van der Waals surface area contributed by atoms with Crippen molar-refractivity contribution >= 4 is 27.8 Å². The molecule has 0 unspecified atom stereocenters. The summed E-state index contributed by atoms with van der Waals surface area (Å²) in [6.07, 6.45) is 3.69. The molecule has 0 aromatic carbocycles. The van der Waals surface area contributed by atoms with Crippen LogP contribution in [0.15, 0.2) is 27.9 Å². The summed E-state index contributed by atoms with van der Waals surface area (Å²) in [5.74, 6) is 0.198. The quantitative estimate of drug-likeness (QED) is 0.847. The number of amides is 1. The number of nitrogens with zero attached hydrogens (tertiary/aromatic N) is 3. The average molecular weight is 297 g/mol. The average Bonchev–Trinajstić information content (AvgIpc) is 2.26. The summed E-state index contributed by atoms with van der Waals surface area (Å²) in [5, 5.41) is 0. The first kappa shape index (κ1) is 12.0. The van der Waals surface area contributed by atoms with Crippen LogP contribution >= 0.6 is 15.9 Å². The molecule has 0 fully saturated rings. The second-order valence-electron chi connectivity index (χ2n) is 4.27. The Morgan fingerprint density at radius 2 is 2.24 bits per heavy atom. The fraction of sp³-hybridized carbons (Fsp3) is 0.364. The molecule has 1 aromatic rings. The second-order valence-corrected chi connectivity index (χ2v) is 5.18. The molecule has 1 aromatic heterocycles. The Labute approximate surface area is 108 Å². The first-order valence-electron chi connectivity index (χ1n) is 5.15. The third kappa shape index (κ3) is 2.17. The Morgan fingerprint density at radius 3 is 2.82 bits per heavy atom. The normalized spacial score (nSPS) is 24.8. The Balaban J connectivity index is 2.47. The highest BCUT2D eigenvalue weighted by atomic mass is 79.9. The molecular weight excluding hydrogens is 284 g/mol. The minimum Gasteiger partial charge on any atom is -0.369 e. The van der Waals surface area contributed by atoms with E-state index < -0.39 is 5.54 Å². The lowest BCUT2D eigenvalue weighted by molar-refractivity contribution is -0.128. The Bertz CT molecular complexity index is 502. The van der Waals surface area contributed by atoms with Crippen LogP contribution in [0.3, 0.4) is 0 Å². The first-order valence-corrected chi connectivity index (χ1v) is 5.94. The van der Waals surface area contributed by atoms with Gasteiger partial charge in [-0.25, -0.2) is 4.99 Å². The van der Waals surface area contributed by atoms with Gasteiger partial charge in [-0.05, 0) is 34.5 Å². The fourth-order valence-corrected chi connectivity index (χ4v) is 2.15. The number of hydrogen-bond acceptors (Lipinski definition) is 4. The van der Waals surface area contributed by atoms with Crippen molar-refractivity contribution in [3.63, 3.8) is 0 Å². The van der Waals surface area contributed by atoms with Crippen molar-refractivity contribution < 1.29 is 4.79 Å². The van der Waals surface area contributed by atoms with Crippen LogP contribution in [0.5, 0.6) is 0 Å². The maximum atomic E-state index is 11.8. The van der Waals surface area contributed by atoms with E-state index in [1.54, 1.807) is 19.4 Å². The summed E-state index contributed by atoms with van der Waals surface area (Å²) in [7, 11) is 1.62. The molecule has 0 bridgehead atoms. The van der Waals surface area contributed by atoms with Crippen molar-refractivity contribution in [2.45, 2.75) is 18.9 Å². The van der Waals surface area contributed by atoms with Gasteiger partial charge in [-0.15, -0.1) is 0 Å². The van der Waals surface area contributed by atoms with Gasteiger partial charge in [0, 0.05) is 23.9 Å². The Hall–Kier alpha value is -1.43. The SMILES string of the molecule is CN1C(=O)C[C@@](C)(c2cncc(Br)c2)N=C1N. The van der Waals surface area contributed by atoms with Crippen LogP contribution in [0.2, 0.25) is 0 Å². The molecule has 2 heterocycles. The summed E-state index contributed by atoms with van der Waals surface area (Å²) >= 11 is 3.36. The van der Waals surface area contributed by atoms with Gasteiger partial charge in [-0.3, -0.25) is 14.7 Å². The van der Waals surface area contributed by atoms with Gasteiger partial charge in [0.15, 0.2) is 5.96 Å². The zero-order chi connectivity index (χ0) is 12.6. The van der Waals surface area contributed by atoms with Crippen molar-refractivity contribution in [3.05, 3.63) is 28.5 Å². The van der Waals surface area contributed by atoms with E-state index in [1.807, 2.05) is 13.0 Å². The van der Waals surface area contributed by atoms with Gasteiger partial charge in [-0.1, -0.05) is 0 Å². The summed E-state index contributed by atoms with van der Waals surface area (Å²) in [6, 6.07) is 1.91. The predicted octanol–water partition coefficient (Wildman–Crippen LogP) is 1.24. The lowest BCUT2D eigenvalue weighted by Gasteiger charge is -2.33. The van der Waals surface area contributed by atoms with Gasteiger partial charge >= 0.3 is 0 Å². The first-order chi connectivity index (χ1) is 7.92. The zero-order valence-electron chi connectivity index (χ0n) is 9.64. The molecule has 1 aliphatic rings. The van der Waals surface area contributed by atoms with Gasteiger partial charge in [0.2, 0.25) is 5.91 Å². The Morgan fingerprint density at radius 1 is 1.53 bits per heavy atom. The van der Waals surface area contributed by atoms with E-state index in [2.05, 4.69) is 25.9 Å². The third-order valence-electron chi connectivity index (χ3n) is 2.90. The molecule has 0 saturated heterocycles. The topological polar surface area (TPSA) is 71.6 Å². The summed E-state index contributed by atoms with van der Waals surface area (Å²) in [4.78, 5) is 21.7. The van der Waals surface area contributed by atoms with Crippen molar-refractivity contribution in [1.29, 1.82) is 0 Å². The van der Waals surface area contributed by atoms with Crippen LogP contribution in [-0.2, 0) is 10.3 Å². The van der Waals surface area contributed by atoms with Crippen LogP contribution < -0.4 is 5.73 Å². The molecule has 1 aliphatic heterocycles. The number of aliphatic imine (C=N–C) groups is 1. The number of guanidine groups is 1. The minimum absolute atomic E-state index is 0.0417. The van der Waals surface area contributed by atoms with E-state index >= 15 is 0 Å². The molecule has 2 N–H and O–H groups in total. The number of hydrogen-bond donors (Lipinski definition) is 1.